The van der Waals surface area contributed by atoms with Crippen molar-refractivity contribution in [1.82, 2.24) is 9.13 Å². The fourth-order valence-electron chi connectivity index (χ4n) is 10.7. The topological polar surface area (TPSA) is 33.6 Å². The lowest BCUT2D eigenvalue weighted by Crippen LogP contribution is -2.14. The summed E-state index contributed by atoms with van der Waals surface area (Å²) in [4.78, 5) is 0. The van der Waals surface area contributed by atoms with Crippen LogP contribution in [0, 0.1) is 39.0 Å². The van der Waals surface area contributed by atoms with Crippen molar-refractivity contribution in [3.05, 3.63) is 239 Å². The van der Waals surface area contributed by atoms with Crippen molar-refractivity contribution in [2.45, 2.75) is 40.0 Å². The minimum Gasteiger partial charge on any atom is -0.308 e. The van der Waals surface area contributed by atoms with E-state index in [2.05, 4.69) is 6.07 Å². The first-order valence-corrected chi connectivity index (χ1v) is 24.8. The van der Waals surface area contributed by atoms with Gasteiger partial charge < -0.3 is 9.13 Å². The molecule has 2 heterocycles. The zero-order valence-corrected chi connectivity index (χ0v) is 41.7. The summed E-state index contributed by atoms with van der Waals surface area (Å²) in [5.41, 5.74) is 10.6. The molecule has 0 amide bonds. The standard InChI is InChI=1S/C67H45F6N3/c1-39-5-13-44(14-6-39)48-21-26-53-54-27-22-49(45-15-7-40(2)8-16-45)34-60(54)75(59(53)33-48)63-31-43(38-74)32-64(65(63)57-30-25-52(66(68,69)70)37-58(57)67(71,72)73)76-61-35-50(46-17-9-41(3)10-18-46)23-28-55(61)56-29-24-51(36-62(56)76)47-19-11-42(4)12-20-47/h5-37H,1-4H3. The molecule has 10 aromatic carbocycles. The van der Waals surface area contributed by atoms with Crippen molar-refractivity contribution in [2.75, 3.05) is 0 Å². The molecule has 3 nitrogen and oxygen atoms in total. The molecule has 76 heavy (non-hydrogen) atoms. The van der Waals surface area contributed by atoms with E-state index in [1.54, 1.807) is 12.1 Å². The maximum atomic E-state index is 16.1. The molecule has 0 aliphatic carbocycles. The van der Waals surface area contributed by atoms with Gasteiger partial charge in [-0.05, 0) is 126 Å². The highest BCUT2D eigenvalue weighted by Crippen LogP contribution is 2.49. The number of nitriles is 1. The molecule has 0 N–H and O–H groups in total. The summed E-state index contributed by atoms with van der Waals surface area (Å²) < 4.78 is 96.0. The molecule has 0 aliphatic rings. The second-order valence-electron chi connectivity index (χ2n) is 19.8. The number of aryl methyl sites for hydroxylation is 4. The van der Waals surface area contributed by atoms with Gasteiger partial charge in [-0.1, -0.05) is 174 Å². The predicted molar refractivity (Wildman–Crippen MR) is 296 cm³/mol. The molecular formula is C67H45F6N3. The molecule has 0 saturated heterocycles. The van der Waals surface area contributed by atoms with E-state index in [4.69, 9.17) is 0 Å². The zero-order valence-electron chi connectivity index (χ0n) is 41.7. The Labute approximate surface area is 434 Å². The van der Waals surface area contributed by atoms with E-state index in [1.165, 1.54) is 0 Å². The second kappa shape index (κ2) is 18.1. The second-order valence-corrected chi connectivity index (χ2v) is 19.8. The lowest BCUT2D eigenvalue weighted by Gasteiger charge is -2.24. The third kappa shape index (κ3) is 8.36. The molecule has 0 bridgehead atoms. The van der Waals surface area contributed by atoms with E-state index in [0.29, 0.717) is 28.1 Å². The van der Waals surface area contributed by atoms with E-state index in [9.17, 15) is 18.4 Å². The van der Waals surface area contributed by atoms with Crippen LogP contribution in [0.5, 0.6) is 0 Å². The van der Waals surface area contributed by atoms with Crippen LogP contribution in [0.4, 0.5) is 26.3 Å². The van der Waals surface area contributed by atoms with Crippen molar-refractivity contribution < 1.29 is 26.3 Å². The summed E-state index contributed by atoms with van der Waals surface area (Å²) >= 11 is 0. The Morgan fingerprint density at radius 3 is 0.921 bits per heavy atom. The van der Waals surface area contributed by atoms with Crippen LogP contribution in [0.1, 0.15) is 38.9 Å². The van der Waals surface area contributed by atoms with E-state index in [-0.39, 0.29) is 28.6 Å². The Kier molecular flexibility index (Phi) is 11.4. The molecule has 0 unspecified atom stereocenters. The lowest BCUT2D eigenvalue weighted by molar-refractivity contribution is -0.142. The van der Waals surface area contributed by atoms with Crippen LogP contribution in [-0.4, -0.2) is 9.13 Å². The maximum Gasteiger partial charge on any atom is 0.417 e. The van der Waals surface area contributed by atoms with Crippen LogP contribution in [0.15, 0.2) is 200 Å². The highest BCUT2D eigenvalue weighted by atomic mass is 19.4. The number of benzene rings is 10. The van der Waals surface area contributed by atoms with Gasteiger partial charge in [0.2, 0.25) is 0 Å². The fourth-order valence-corrected chi connectivity index (χ4v) is 10.7. The van der Waals surface area contributed by atoms with Gasteiger partial charge in [0, 0.05) is 27.1 Å². The lowest BCUT2D eigenvalue weighted by atomic mass is 9.92. The van der Waals surface area contributed by atoms with Crippen LogP contribution >= 0.6 is 0 Å². The van der Waals surface area contributed by atoms with Gasteiger partial charge in [-0.25, -0.2) is 0 Å². The molecule has 0 radical (unpaired) electrons. The van der Waals surface area contributed by atoms with Gasteiger partial charge in [-0.3, -0.25) is 0 Å². The highest BCUT2D eigenvalue weighted by Gasteiger charge is 2.40. The van der Waals surface area contributed by atoms with Gasteiger partial charge in [-0.2, -0.15) is 31.6 Å². The Hall–Kier alpha value is -9.13. The monoisotopic (exact) mass is 1010 g/mol. The van der Waals surface area contributed by atoms with E-state index in [0.717, 1.165) is 94.4 Å². The first-order valence-electron chi connectivity index (χ1n) is 24.8. The molecule has 0 saturated carbocycles. The molecule has 12 aromatic rings. The molecule has 0 spiro atoms. The van der Waals surface area contributed by atoms with Crippen LogP contribution in [-0.2, 0) is 12.4 Å². The predicted octanol–water partition coefficient (Wildman–Crippen LogP) is 19.4. The summed E-state index contributed by atoms with van der Waals surface area (Å²) in [6, 6.07) is 63.5. The number of hydrogen-bond acceptors (Lipinski definition) is 1. The molecule has 0 aliphatic heterocycles. The van der Waals surface area contributed by atoms with Crippen molar-refractivity contribution >= 4 is 43.6 Å². The normalized spacial score (nSPS) is 12.1. The van der Waals surface area contributed by atoms with Gasteiger partial charge in [0.25, 0.3) is 0 Å². The minimum absolute atomic E-state index is 0.0272. The zero-order chi connectivity index (χ0) is 52.8. The number of nitrogens with zero attached hydrogens (tertiary/aromatic N) is 3. The number of fused-ring (bicyclic) bond motifs is 6. The summed E-state index contributed by atoms with van der Waals surface area (Å²) in [6.45, 7) is 7.99. The largest absolute Gasteiger partial charge is 0.417 e. The third-order valence-corrected chi connectivity index (χ3v) is 14.7. The number of aromatic nitrogens is 2. The average Bonchev–Trinajstić information content (AvgIpc) is 4.05. The molecule has 12 rings (SSSR count). The average molecular weight is 1010 g/mol. The Balaban J connectivity index is 1.28. The number of halogens is 6. The molecule has 0 fully saturated rings. The van der Waals surface area contributed by atoms with E-state index >= 15 is 13.2 Å². The SMILES string of the molecule is Cc1ccc(-c2ccc3c4ccc(-c5ccc(C)cc5)cc4n(-c4cc(C#N)cc(-n5c6cc(-c7ccc(C)cc7)ccc6c6ccc(-c7ccc(C)cc7)cc65)c4-c4ccc(C(F)(F)F)cc4C(F)(F)F)c3c2)cc1. The van der Waals surface area contributed by atoms with Gasteiger partial charge >= 0.3 is 12.4 Å². The summed E-state index contributed by atoms with van der Waals surface area (Å²) in [6.07, 6.45) is -10.4. The number of rotatable bonds is 7. The Morgan fingerprint density at radius 1 is 0.342 bits per heavy atom. The van der Waals surface area contributed by atoms with Crippen molar-refractivity contribution in [3.8, 4) is 73.1 Å². The van der Waals surface area contributed by atoms with Crippen LogP contribution in [0.3, 0.4) is 0 Å². The number of hydrogen-bond donors (Lipinski definition) is 0. The van der Waals surface area contributed by atoms with Crippen LogP contribution < -0.4 is 0 Å². The van der Waals surface area contributed by atoms with Gasteiger partial charge in [-0.15, -0.1) is 0 Å². The third-order valence-electron chi connectivity index (χ3n) is 14.7. The summed E-state index contributed by atoms with van der Waals surface area (Å²) in [5.74, 6) is 0. The van der Waals surface area contributed by atoms with Crippen molar-refractivity contribution in [3.63, 3.8) is 0 Å². The van der Waals surface area contributed by atoms with Crippen molar-refractivity contribution in [2.24, 2.45) is 0 Å². The molecule has 370 valence electrons. The van der Waals surface area contributed by atoms with E-state index in [1.807, 2.05) is 207 Å². The molecule has 2 aromatic heterocycles. The van der Waals surface area contributed by atoms with Gasteiger partial charge in [0.1, 0.15) is 0 Å². The quantitative estimate of drug-likeness (QED) is 0.147. The minimum atomic E-state index is -5.27. The van der Waals surface area contributed by atoms with Crippen LogP contribution in [0.2, 0.25) is 0 Å². The highest BCUT2D eigenvalue weighted by molar-refractivity contribution is 6.14. The Bertz CT molecular complexity index is 3880. The fraction of sp³-hybridized carbons (Fsp3) is 0.0896. The van der Waals surface area contributed by atoms with Crippen LogP contribution in [0.25, 0.3) is 111 Å². The first kappa shape index (κ1) is 47.8. The Morgan fingerprint density at radius 2 is 0.645 bits per heavy atom. The smallest absolute Gasteiger partial charge is 0.308 e. The summed E-state index contributed by atoms with van der Waals surface area (Å²) in [7, 11) is 0. The molecular weight excluding hydrogens is 961 g/mol. The van der Waals surface area contributed by atoms with E-state index < -0.39 is 29.0 Å². The number of alkyl halides is 6. The van der Waals surface area contributed by atoms with Gasteiger partial charge in [0.15, 0.2) is 0 Å². The van der Waals surface area contributed by atoms with Crippen molar-refractivity contribution in [1.29, 1.82) is 5.26 Å². The molecule has 9 heteroatoms. The molecule has 0 atom stereocenters. The maximum absolute atomic E-state index is 16.1. The first-order chi connectivity index (χ1) is 36.5. The van der Waals surface area contributed by atoms with Gasteiger partial charge in [0.05, 0.1) is 56.2 Å². The summed E-state index contributed by atoms with van der Waals surface area (Å²) in [5, 5.41) is 14.3.